The van der Waals surface area contributed by atoms with Crippen molar-refractivity contribution in [3.8, 4) is 11.5 Å². The van der Waals surface area contributed by atoms with Gasteiger partial charge in [0.1, 0.15) is 5.82 Å². The van der Waals surface area contributed by atoms with Gasteiger partial charge in [0.25, 0.3) is 5.56 Å². The summed E-state index contributed by atoms with van der Waals surface area (Å²) in [6.45, 7) is 0. The maximum absolute atomic E-state index is 13.5. The largest absolute Gasteiger partial charge is 0.493 e. The lowest BCUT2D eigenvalue weighted by Crippen LogP contribution is -2.37. The molecule has 0 saturated heterocycles. The summed E-state index contributed by atoms with van der Waals surface area (Å²) in [7, 11) is 4.60. The first-order valence-corrected chi connectivity index (χ1v) is 9.67. The molecule has 8 heteroatoms. The first kappa shape index (κ1) is 18.9. The van der Waals surface area contributed by atoms with Gasteiger partial charge < -0.3 is 14.8 Å². The van der Waals surface area contributed by atoms with Crippen LogP contribution in [0.25, 0.3) is 5.70 Å². The number of H-pyrrole nitrogens is 1. The molecule has 3 aromatic rings. The van der Waals surface area contributed by atoms with Gasteiger partial charge >= 0.3 is 5.69 Å². The Kier molecular flexibility index (Phi) is 4.11. The number of para-hydroxylation sites is 1. The molecule has 2 aromatic carbocycles. The molecule has 31 heavy (non-hydrogen) atoms. The SMILES string of the molecule is COc1cccc([C@H]2C3=C(Nc4c2c(=O)[nH]c(=O)n4C)c2ccccc2C3=O)c1OC. The van der Waals surface area contributed by atoms with Crippen molar-refractivity contribution in [1.29, 1.82) is 0 Å². The molecule has 1 aliphatic heterocycles. The van der Waals surface area contributed by atoms with Crippen LogP contribution in [-0.4, -0.2) is 29.6 Å². The Morgan fingerprint density at radius 1 is 0.935 bits per heavy atom. The van der Waals surface area contributed by atoms with Crippen LogP contribution < -0.4 is 26.0 Å². The van der Waals surface area contributed by atoms with Crippen molar-refractivity contribution in [2.75, 3.05) is 19.5 Å². The number of fused-ring (bicyclic) bond motifs is 3. The number of aromatic nitrogens is 2. The molecule has 2 N–H and O–H groups in total. The van der Waals surface area contributed by atoms with Crippen molar-refractivity contribution in [3.63, 3.8) is 0 Å². The molecule has 0 fully saturated rings. The number of ether oxygens (including phenoxy) is 2. The van der Waals surface area contributed by atoms with E-state index in [9.17, 15) is 14.4 Å². The Balaban J connectivity index is 1.90. The van der Waals surface area contributed by atoms with Crippen LogP contribution >= 0.6 is 0 Å². The summed E-state index contributed by atoms with van der Waals surface area (Å²) in [6.07, 6.45) is 0. The van der Waals surface area contributed by atoms with Gasteiger partial charge in [-0.3, -0.25) is 19.1 Å². The fourth-order valence-electron chi connectivity index (χ4n) is 4.48. The molecule has 0 spiro atoms. The molecule has 0 radical (unpaired) electrons. The number of hydrogen-bond acceptors (Lipinski definition) is 6. The highest BCUT2D eigenvalue weighted by atomic mass is 16.5. The van der Waals surface area contributed by atoms with Crippen LogP contribution in [0.2, 0.25) is 0 Å². The lowest BCUT2D eigenvalue weighted by molar-refractivity contribution is 0.103. The molecule has 5 rings (SSSR count). The van der Waals surface area contributed by atoms with Gasteiger partial charge in [-0.15, -0.1) is 0 Å². The minimum Gasteiger partial charge on any atom is -0.493 e. The highest BCUT2D eigenvalue weighted by molar-refractivity contribution is 6.23. The van der Waals surface area contributed by atoms with Gasteiger partial charge in [-0.2, -0.15) is 0 Å². The molecular weight excluding hydrogens is 398 g/mol. The number of benzene rings is 2. The second kappa shape index (κ2) is 6.73. The third kappa shape index (κ3) is 2.51. The standard InChI is InChI=1S/C23H19N3O5/c1-26-21-17(22(28)25-23(26)29)15(13-9-6-10-14(30-2)20(13)31-3)16-18(24-21)11-7-4-5-8-12(11)19(16)27/h4-10,15,24H,1-3H3,(H,25,28,29)/t15-/m0/s1. The van der Waals surface area contributed by atoms with Crippen LogP contribution in [0.5, 0.6) is 11.5 Å². The van der Waals surface area contributed by atoms with Crippen molar-refractivity contribution >= 4 is 17.3 Å². The van der Waals surface area contributed by atoms with Crippen molar-refractivity contribution in [2.24, 2.45) is 7.05 Å². The van der Waals surface area contributed by atoms with E-state index in [2.05, 4.69) is 10.3 Å². The molecule has 0 bridgehead atoms. The number of nitrogens with zero attached hydrogens (tertiary/aromatic N) is 1. The Bertz CT molecular complexity index is 1410. The first-order chi connectivity index (χ1) is 15.0. The summed E-state index contributed by atoms with van der Waals surface area (Å²) in [5, 5.41) is 3.19. The van der Waals surface area contributed by atoms with Gasteiger partial charge in [0, 0.05) is 29.3 Å². The number of allylic oxidation sites excluding steroid dienone is 1. The molecule has 1 aliphatic carbocycles. The van der Waals surface area contributed by atoms with E-state index in [1.54, 1.807) is 37.4 Å². The Labute approximate surface area is 176 Å². The number of anilines is 1. The van der Waals surface area contributed by atoms with Crippen LogP contribution in [0, 0.1) is 0 Å². The summed E-state index contributed by atoms with van der Waals surface area (Å²) in [5.41, 5.74) is 2.06. The van der Waals surface area contributed by atoms with Crippen LogP contribution in [0.4, 0.5) is 5.82 Å². The van der Waals surface area contributed by atoms with E-state index in [1.807, 2.05) is 12.1 Å². The minimum atomic E-state index is -0.758. The number of hydrogen-bond donors (Lipinski definition) is 2. The molecule has 2 heterocycles. The maximum atomic E-state index is 13.5. The van der Waals surface area contributed by atoms with E-state index in [1.165, 1.54) is 18.8 Å². The van der Waals surface area contributed by atoms with E-state index in [0.29, 0.717) is 39.7 Å². The number of Topliss-reactive ketones (excluding diaryl/α,β-unsaturated/α-hetero) is 1. The van der Waals surface area contributed by atoms with Crippen molar-refractivity contribution in [2.45, 2.75) is 5.92 Å². The van der Waals surface area contributed by atoms with Gasteiger partial charge in [0.05, 0.1) is 31.4 Å². The van der Waals surface area contributed by atoms with Gasteiger partial charge in [-0.05, 0) is 6.07 Å². The lowest BCUT2D eigenvalue weighted by atomic mass is 9.81. The van der Waals surface area contributed by atoms with Crippen LogP contribution in [-0.2, 0) is 7.05 Å². The minimum absolute atomic E-state index is 0.174. The zero-order valence-electron chi connectivity index (χ0n) is 17.1. The molecule has 1 atom stereocenters. The van der Waals surface area contributed by atoms with Gasteiger partial charge in [0.2, 0.25) is 0 Å². The number of nitrogens with one attached hydrogen (secondary N) is 2. The van der Waals surface area contributed by atoms with Crippen LogP contribution in [0.15, 0.2) is 57.6 Å². The number of rotatable bonds is 3. The van der Waals surface area contributed by atoms with Crippen molar-refractivity contribution < 1.29 is 14.3 Å². The number of ketones is 1. The Hall–Kier alpha value is -4.07. The summed E-state index contributed by atoms with van der Waals surface area (Å²) in [4.78, 5) is 41.2. The topological polar surface area (TPSA) is 102 Å². The van der Waals surface area contributed by atoms with E-state index in [4.69, 9.17) is 9.47 Å². The number of aromatic amines is 1. The predicted octanol–water partition coefficient (Wildman–Crippen LogP) is 2.26. The number of methoxy groups -OCH3 is 2. The second-order valence-corrected chi connectivity index (χ2v) is 7.38. The second-order valence-electron chi connectivity index (χ2n) is 7.38. The zero-order valence-corrected chi connectivity index (χ0v) is 17.1. The molecule has 0 saturated carbocycles. The molecular formula is C23H19N3O5. The van der Waals surface area contributed by atoms with Gasteiger partial charge in [-0.1, -0.05) is 36.4 Å². The third-order valence-electron chi connectivity index (χ3n) is 5.88. The van der Waals surface area contributed by atoms with E-state index < -0.39 is 17.2 Å². The quantitative estimate of drug-likeness (QED) is 0.678. The summed E-state index contributed by atoms with van der Waals surface area (Å²) in [5.74, 6) is 0.309. The van der Waals surface area contributed by atoms with E-state index in [0.717, 1.165) is 5.56 Å². The van der Waals surface area contributed by atoms with Crippen LogP contribution in [0.3, 0.4) is 0 Å². The molecule has 0 amide bonds. The zero-order chi connectivity index (χ0) is 21.9. The number of carbonyl (C=O) groups is 1. The van der Waals surface area contributed by atoms with Gasteiger partial charge in [0.15, 0.2) is 17.3 Å². The molecule has 1 aromatic heterocycles. The highest BCUT2D eigenvalue weighted by Crippen LogP contribution is 2.50. The normalized spacial score (nSPS) is 16.4. The van der Waals surface area contributed by atoms with Crippen molar-refractivity contribution in [1.82, 2.24) is 9.55 Å². The van der Waals surface area contributed by atoms with Crippen LogP contribution in [0.1, 0.15) is 33.0 Å². The maximum Gasteiger partial charge on any atom is 0.329 e. The summed E-state index contributed by atoms with van der Waals surface area (Å²) >= 11 is 0. The smallest absolute Gasteiger partial charge is 0.329 e. The third-order valence-corrected chi connectivity index (χ3v) is 5.88. The molecule has 8 nitrogen and oxygen atoms in total. The van der Waals surface area contributed by atoms with E-state index in [-0.39, 0.29) is 11.3 Å². The molecule has 0 unspecified atom stereocenters. The fraction of sp³-hybridized carbons (Fsp3) is 0.174. The monoisotopic (exact) mass is 417 g/mol. The van der Waals surface area contributed by atoms with Gasteiger partial charge in [-0.25, -0.2) is 4.79 Å². The van der Waals surface area contributed by atoms with E-state index >= 15 is 0 Å². The summed E-state index contributed by atoms with van der Waals surface area (Å²) in [6, 6.07) is 12.6. The fourth-order valence-corrected chi connectivity index (χ4v) is 4.48. The highest BCUT2D eigenvalue weighted by Gasteiger charge is 2.43. The Morgan fingerprint density at radius 2 is 1.68 bits per heavy atom. The Morgan fingerprint density at radius 3 is 2.39 bits per heavy atom. The molecule has 2 aliphatic rings. The average molecular weight is 417 g/mol. The predicted molar refractivity (Wildman–Crippen MR) is 115 cm³/mol. The molecule has 156 valence electrons. The first-order valence-electron chi connectivity index (χ1n) is 9.67. The lowest BCUT2D eigenvalue weighted by Gasteiger charge is -2.30. The van der Waals surface area contributed by atoms with Crippen molar-refractivity contribution in [3.05, 3.63) is 91.1 Å². The summed E-state index contributed by atoms with van der Waals surface area (Å²) < 4.78 is 12.4. The number of carbonyl (C=O) groups excluding carboxylic acids is 1. The average Bonchev–Trinajstić information content (AvgIpc) is 3.07.